The minimum absolute atomic E-state index is 0.0260. The summed E-state index contributed by atoms with van der Waals surface area (Å²) in [5.74, 6) is -0.243. The Labute approximate surface area is 225 Å². The van der Waals surface area contributed by atoms with Gasteiger partial charge in [0.2, 0.25) is 5.91 Å². The second kappa shape index (κ2) is 10.8. The van der Waals surface area contributed by atoms with Crippen LogP contribution >= 0.6 is 0 Å². The number of fused-ring (bicyclic) bond motifs is 1. The molecule has 5 rings (SSSR count). The van der Waals surface area contributed by atoms with E-state index in [1.54, 1.807) is 6.07 Å². The lowest BCUT2D eigenvalue weighted by Gasteiger charge is -2.11. The summed E-state index contributed by atoms with van der Waals surface area (Å²) in [6, 6.07) is 25.4. The molecule has 0 bridgehead atoms. The first-order valence-electron chi connectivity index (χ1n) is 12.8. The SMILES string of the molecule is Cc1ccc(-c2nc3ccc(-c4cccc(C)c4)cn3c2CCC(=O)NCc2cccc(C(F)(F)F)c2)cc1. The largest absolute Gasteiger partial charge is 0.416 e. The molecule has 1 N–H and O–H groups in total. The zero-order valence-electron chi connectivity index (χ0n) is 21.7. The molecular formula is C32H28F3N3O. The molecule has 1 amide bonds. The fourth-order valence-electron chi connectivity index (χ4n) is 4.65. The number of amides is 1. The minimum Gasteiger partial charge on any atom is -0.352 e. The fraction of sp³-hybridized carbons (Fsp3) is 0.188. The van der Waals surface area contributed by atoms with Crippen molar-refractivity contribution in [3.8, 4) is 22.4 Å². The van der Waals surface area contributed by atoms with Gasteiger partial charge in [-0.3, -0.25) is 4.79 Å². The molecule has 0 spiro atoms. The van der Waals surface area contributed by atoms with E-state index in [-0.39, 0.29) is 18.9 Å². The summed E-state index contributed by atoms with van der Waals surface area (Å²) >= 11 is 0. The van der Waals surface area contributed by atoms with Crippen LogP contribution in [0.25, 0.3) is 28.0 Å². The quantitative estimate of drug-likeness (QED) is 0.238. The van der Waals surface area contributed by atoms with Crippen molar-refractivity contribution in [2.75, 3.05) is 0 Å². The van der Waals surface area contributed by atoms with Gasteiger partial charge in [-0.2, -0.15) is 13.2 Å². The van der Waals surface area contributed by atoms with Crippen LogP contribution in [0, 0.1) is 13.8 Å². The van der Waals surface area contributed by atoms with Gasteiger partial charge in [-0.15, -0.1) is 0 Å². The average molecular weight is 528 g/mol. The number of hydrogen-bond donors (Lipinski definition) is 1. The molecule has 0 saturated carbocycles. The van der Waals surface area contributed by atoms with E-state index in [1.807, 2.05) is 60.0 Å². The molecule has 0 saturated heterocycles. The molecule has 0 radical (unpaired) electrons. The van der Waals surface area contributed by atoms with E-state index in [1.165, 1.54) is 6.07 Å². The average Bonchev–Trinajstić information content (AvgIpc) is 3.28. The molecule has 3 aromatic carbocycles. The third-order valence-electron chi connectivity index (χ3n) is 6.73. The number of carbonyl (C=O) groups is 1. The maximum absolute atomic E-state index is 13.0. The lowest BCUT2D eigenvalue weighted by atomic mass is 10.0. The monoisotopic (exact) mass is 527 g/mol. The van der Waals surface area contributed by atoms with Crippen LogP contribution in [0.2, 0.25) is 0 Å². The van der Waals surface area contributed by atoms with Gasteiger partial charge in [-0.05, 0) is 61.2 Å². The van der Waals surface area contributed by atoms with Gasteiger partial charge in [-0.1, -0.05) is 71.8 Å². The van der Waals surface area contributed by atoms with Crippen LogP contribution in [-0.2, 0) is 23.9 Å². The Morgan fingerprint density at radius 1 is 0.846 bits per heavy atom. The molecule has 7 heteroatoms. The third-order valence-corrected chi connectivity index (χ3v) is 6.73. The number of rotatable bonds is 7. The molecule has 39 heavy (non-hydrogen) atoms. The fourth-order valence-corrected chi connectivity index (χ4v) is 4.65. The standard InChI is InChI=1S/C32H28F3N3O/c1-21-9-11-24(12-10-21)31-28(14-16-30(39)36-19-23-6-4-8-27(18-23)32(33,34)35)38-20-26(13-15-29(38)37-31)25-7-3-5-22(2)17-25/h3-13,15,17-18,20H,14,16,19H2,1-2H3,(H,36,39). The molecule has 0 fully saturated rings. The van der Waals surface area contributed by atoms with Crippen LogP contribution in [0.4, 0.5) is 13.2 Å². The number of halogens is 3. The Morgan fingerprint density at radius 3 is 2.33 bits per heavy atom. The highest BCUT2D eigenvalue weighted by Crippen LogP contribution is 2.30. The van der Waals surface area contributed by atoms with E-state index < -0.39 is 11.7 Å². The van der Waals surface area contributed by atoms with Gasteiger partial charge in [0.1, 0.15) is 5.65 Å². The summed E-state index contributed by atoms with van der Waals surface area (Å²) < 4.78 is 41.1. The van der Waals surface area contributed by atoms with Crippen molar-refractivity contribution in [1.82, 2.24) is 14.7 Å². The van der Waals surface area contributed by atoms with Crippen LogP contribution < -0.4 is 5.32 Å². The summed E-state index contributed by atoms with van der Waals surface area (Å²) in [7, 11) is 0. The Hall–Kier alpha value is -4.39. The number of benzene rings is 3. The number of nitrogens with one attached hydrogen (secondary N) is 1. The maximum Gasteiger partial charge on any atom is 0.416 e. The number of carbonyl (C=O) groups excluding carboxylic acids is 1. The zero-order chi connectivity index (χ0) is 27.6. The van der Waals surface area contributed by atoms with Gasteiger partial charge in [0.25, 0.3) is 0 Å². The van der Waals surface area contributed by atoms with Crippen molar-refractivity contribution in [2.45, 2.75) is 39.4 Å². The van der Waals surface area contributed by atoms with Crippen LogP contribution in [0.1, 0.15) is 34.4 Å². The number of imidazole rings is 1. The summed E-state index contributed by atoms with van der Waals surface area (Å²) in [6.07, 6.45) is -1.80. The minimum atomic E-state index is -4.42. The van der Waals surface area contributed by atoms with E-state index in [4.69, 9.17) is 4.98 Å². The lowest BCUT2D eigenvalue weighted by molar-refractivity contribution is -0.137. The summed E-state index contributed by atoms with van der Waals surface area (Å²) in [5, 5.41) is 2.76. The molecule has 4 nitrogen and oxygen atoms in total. The molecule has 0 unspecified atom stereocenters. The van der Waals surface area contributed by atoms with E-state index in [9.17, 15) is 18.0 Å². The lowest BCUT2D eigenvalue weighted by Crippen LogP contribution is -2.23. The summed E-state index contributed by atoms with van der Waals surface area (Å²) in [4.78, 5) is 17.7. The first-order chi connectivity index (χ1) is 18.7. The molecule has 2 aromatic heterocycles. The normalized spacial score (nSPS) is 11.6. The Bertz CT molecular complexity index is 1640. The second-order valence-corrected chi connectivity index (χ2v) is 9.76. The van der Waals surface area contributed by atoms with Crippen molar-refractivity contribution in [1.29, 1.82) is 0 Å². The van der Waals surface area contributed by atoms with E-state index >= 15 is 0 Å². The Balaban J connectivity index is 1.41. The van der Waals surface area contributed by atoms with Gasteiger partial charge < -0.3 is 9.72 Å². The topological polar surface area (TPSA) is 46.4 Å². The van der Waals surface area contributed by atoms with Crippen LogP contribution in [-0.4, -0.2) is 15.3 Å². The van der Waals surface area contributed by atoms with Crippen molar-refractivity contribution >= 4 is 11.6 Å². The van der Waals surface area contributed by atoms with Crippen LogP contribution in [0.5, 0.6) is 0 Å². The highest BCUT2D eigenvalue weighted by atomic mass is 19.4. The van der Waals surface area contributed by atoms with Crippen molar-refractivity contribution < 1.29 is 18.0 Å². The highest BCUT2D eigenvalue weighted by molar-refractivity contribution is 5.77. The van der Waals surface area contributed by atoms with Crippen molar-refractivity contribution in [2.24, 2.45) is 0 Å². The predicted octanol–water partition coefficient (Wildman–Crippen LogP) is 7.55. The number of alkyl halides is 3. The highest BCUT2D eigenvalue weighted by Gasteiger charge is 2.30. The molecule has 0 aliphatic rings. The third kappa shape index (κ3) is 6.03. The van der Waals surface area contributed by atoms with E-state index in [2.05, 4.69) is 30.4 Å². The zero-order valence-corrected chi connectivity index (χ0v) is 21.7. The predicted molar refractivity (Wildman–Crippen MR) is 147 cm³/mol. The molecule has 5 aromatic rings. The van der Waals surface area contributed by atoms with Crippen LogP contribution in [0.15, 0.2) is 91.1 Å². The Kier molecular flexibility index (Phi) is 7.24. The number of nitrogens with zero attached hydrogens (tertiary/aromatic N) is 2. The van der Waals surface area contributed by atoms with Gasteiger partial charge in [0.15, 0.2) is 0 Å². The van der Waals surface area contributed by atoms with Gasteiger partial charge in [-0.25, -0.2) is 4.98 Å². The molecule has 198 valence electrons. The molecule has 2 heterocycles. The summed E-state index contributed by atoms with van der Waals surface area (Å²) in [6.45, 7) is 4.10. The van der Waals surface area contributed by atoms with Crippen LogP contribution in [0.3, 0.4) is 0 Å². The Morgan fingerprint density at radius 2 is 1.59 bits per heavy atom. The first kappa shape index (κ1) is 26.2. The molecule has 0 aliphatic carbocycles. The smallest absolute Gasteiger partial charge is 0.352 e. The first-order valence-corrected chi connectivity index (χ1v) is 12.8. The second-order valence-electron chi connectivity index (χ2n) is 9.76. The van der Waals surface area contributed by atoms with Gasteiger partial charge in [0, 0.05) is 24.7 Å². The van der Waals surface area contributed by atoms with Gasteiger partial charge >= 0.3 is 6.18 Å². The number of aromatic nitrogens is 2. The molecule has 0 aliphatic heterocycles. The maximum atomic E-state index is 13.0. The number of pyridine rings is 1. The van der Waals surface area contributed by atoms with E-state index in [0.717, 1.165) is 57.0 Å². The van der Waals surface area contributed by atoms with Crippen molar-refractivity contribution in [3.05, 3.63) is 119 Å². The number of aryl methyl sites for hydroxylation is 3. The number of hydrogen-bond acceptors (Lipinski definition) is 2. The van der Waals surface area contributed by atoms with Gasteiger partial charge in [0.05, 0.1) is 17.0 Å². The summed E-state index contributed by atoms with van der Waals surface area (Å²) in [5.41, 5.74) is 7.54. The molecule has 0 atom stereocenters. The molecular weight excluding hydrogens is 499 g/mol. The van der Waals surface area contributed by atoms with E-state index in [0.29, 0.717) is 12.0 Å². The van der Waals surface area contributed by atoms with Crippen molar-refractivity contribution in [3.63, 3.8) is 0 Å².